The number of hydrogen-bond acceptors (Lipinski definition) is 3. The SMILES string of the molecule is O=C(O)c1nc(-c2cccc(Cl)c2)n(-c2ccc(Cl)cc2)n1. The van der Waals surface area contributed by atoms with Gasteiger partial charge in [0.2, 0.25) is 0 Å². The Kier molecular flexibility index (Phi) is 3.83. The molecule has 5 nitrogen and oxygen atoms in total. The Labute approximate surface area is 135 Å². The molecule has 3 aromatic rings. The van der Waals surface area contributed by atoms with Crippen molar-refractivity contribution in [2.24, 2.45) is 0 Å². The lowest BCUT2D eigenvalue weighted by atomic mass is 10.2. The molecule has 0 spiro atoms. The van der Waals surface area contributed by atoms with Gasteiger partial charge in [0, 0.05) is 15.6 Å². The molecule has 22 heavy (non-hydrogen) atoms. The first-order valence-electron chi connectivity index (χ1n) is 6.27. The van der Waals surface area contributed by atoms with Gasteiger partial charge >= 0.3 is 5.97 Å². The molecular formula is C15H9Cl2N3O2. The van der Waals surface area contributed by atoms with Crippen LogP contribution in [0.5, 0.6) is 0 Å². The van der Waals surface area contributed by atoms with Crippen molar-refractivity contribution in [3.8, 4) is 17.1 Å². The summed E-state index contributed by atoms with van der Waals surface area (Å²) in [6.45, 7) is 0. The van der Waals surface area contributed by atoms with E-state index >= 15 is 0 Å². The topological polar surface area (TPSA) is 68.0 Å². The van der Waals surface area contributed by atoms with E-state index in [1.54, 1.807) is 48.5 Å². The van der Waals surface area contributed by atoms with Crippen LogP contribution < -0.4 is 0 Å². The molecule has 0 amide bonds. The number of hydrogen-bond donors (Lipinski definition) is 1. The van der Waals surface area contributed by atoms with E-state index in [1.807, 2.05) is 0 Å². The van der Waals surface area contributed by atoms with Crippen molar-refractivity contribution < 1.29 is 9.90 Å². The summed E-state index contributed by atoms with van der Waals surface area (Å²) in [6, 6.07) is 13.8. The molecule has 1 aromatic heterocycles. The fourth-order valence-corrected chi connectivity index (χ4v) is 2.30. The highest BCUT2D eigenvalue weighted by Crippen LogP contribution is 2.24. The fraction of sp³-hybridized carbons (Fsp3) is 0. The normalized spacial score (nSPS) is 10.6. The number of nitrogens with zero attached hydrogens (tertiary/aromatic N) is 3. The third-order valence-electron chi connectivity index (χ3n) is 2.95. The summed E-state index contributed by atoms with van der Waals surface area (Å²) in [7, 11) is 0. The second-order valence-electron chi connectivity index (χ2n) is 4.46. The zero-order chi connectivity index (χ0) is 15.7. The van der Waals surface area contributed by atoms with Crippen molar-refractivity contribution in [1.82, 2.24) is 14.8 Å². The van der Waals surface area contributed by atoms with Crippen LogP contribution in [-0.2, 0) is 0 Å². The number of rotatable bonds is 3. The van der Waals surface area contributed by atoms with Gasteiger partial charge in [0.25, 0.3) is 5.82 Å². The highest BCUT2D eigenvalue weighted by molar-refractivity contribution is 6.31. The summed E-state index contributed by atoms with van der Waals surface area (Å²) in [5.74, 6) is -1.09. The number of aromatic nitrogens is 3. The molecule has 0 atom stereocenters. The minimum Gasteiger partial charge on any atom is -0.475 e. The van der Waals surface area contributed by atoms with Gasteiger partial charge in [-0.05, 0) is 36.4 Å². The van der Waals surface area contributed by atoms with Crippen molar-refractivity contribution in [1.29, 1.82) is 0 Å². The summed E-state index contributed by atoms with van der Waals surface area (Å²) in [4.78, 5) is 15.2. The van der Waals surface area contributed by atoms with E-state index < -0.39 is 5.97 Å². The van der Waals surface area contributed by atoms with Crippen LogP contribution in [0.2, 0.25) is 10.0 Å². The van der Waals surface area contributed by atoms with Crippen molar-refractivity contribution in [2.45, 2.75) is 0 Å². The molecule has 2 aromatic carbocycles. The Morgan fingerprint density at radius 1 is 1.05 bits per heavy atom. The predicted octanol–water partition coefficient (Wildman–Crippen LogP) is 3.94. The summed E-state index contributed by atoms with van der Waals surface area (Å²) < 4.78 is 1.45. The Bertz CT molecular complexity index is 844. The van der Waals surface area contributed by atoms with Gasteiger partial charge in [-0.3, -0.25) is 0 Å². The number of aromatic carboxylic acids is 1. The lowest BCUT2D eigenvalue weighted by Gasteiger charge is -2.06. The van der Waals surface area contributed by atoms with Crippen molar-refractivity contribution >= 4 is 29.2 Å². The Hall–Kier alpha value is -2.37. The summed E-state index contributed by atoms with van der Waals surface area (Å²) >= 11 is 11.9. The Morgan fingerprint density at radius 2 is 1.77 bits per heavy atom. The fourth-order valence-electron chi connectivity index (χ4n) is 1.98. The summed E-state index contributed by atoms with van der Waals surface area (Å²) in [5.41, 5.74) is 1.32. The average molecular weight is 334 g/mol. The molecule has 1 N–H and O–H groups in total. The maximum absolute atomic E-state index is 11.2. The predicted molar refractivity (Wildman–Crippen MR) is 83.8 cm³/mol. The first kappa shape index (κ1) is 14.6. The van der Waals surface area contributed by atoms with Crippen LogP contribution in [0.25, 0.3) is 17.1 Å². The van der Waals surface area contributed by atoms with Crippen molar-refractivity contribution in [2.75, 3.05) is 0 Å². The van der Waals surface area contributed by atoms with Gasteiger partial charge in [0.1, 0.15) is 0 Å². The van der Waals surface area contributed by atoms with Crippen LogP contribution in [0, 0.1) is 0 Å². The van der Waals surface area contributed by atoms with E-state index in [1.165, 1.54) is 4.68 Å². The molecule has 0 saturated carbocycles. The van der Waals surface area contributed by atoms with E-state index in [4.69, 9.17) is 28.3 Å². The first-order valence-corrected chi connectivity index (χ1v) is 7.02. The van der Waals surface area contributed by atoms with Crippen LogP contribution in [-0.4, -0.2) is 25.8 Å². The van der Waals surface area contributed by atoms with Gasteiger partial charge < -0.3 is 5.11 Å². The van der Waals surface area contributed by atoms with E-state index in [9.17, 15) is 4.79 Å². The molecule has 0 unspecified atom stereocenters. The van der Waals surface area contributed by atoms with E-state index in [2.05, 4.69) is 10.1 Å². The van der Waals surface area contributed by atoms with Crippen LogP contribution in [0.1, 0.15) is 10.6 Å². The van der Waals surface area contributed by atoms with Gasteiger partial charge in [-0.15, -0.1) is 5.10 Å². The lowest BCUT2D eigenvalue weighted by Crippen LogP contribution is -2.02. The number of carbonyl (C=O) groups is 1. The molecular weight excluding hydrogens is 325 g/mol. The second kappa shape index (κ2) is 5.79. The number of carboxylic acid groups (broad SMARTS) is 1. The molecule has 1 heterocycles. The van der Waals surface area contributed by atoms with Crippen molar-refractivity contribution in [3.05, 3.63) is 64.4 Å². The summed E-state index contributed by atoms with van der Waals surface area (Å²) in [6.07, 6.45) is 0. The quantitative estimate of drug-likeness (QED) is 0.788. The third kappa shape index (κ3) is 2.81. The van der Waals surface area contributed by atoms with Crippen LogP contribution in [0.15, 0.2) is 48.5 Å². The molecule has 0 radical (unpaired) electrons. The van der Waals surface area contributed by atoms with Gasteiger partial charge in [-0.2, -0.15) is 0 Å². The molecule has 0 bridgehead atoms. The molecule has 110 valence electrons. The maximum atomic E-state index is 11.2. The van der Waals surface area contributed by atoms with E-state index in [0.29, 0.717) is 27.1 Å². The minimum absolute atomic E-state index is 0.287. The Balaban J connectivity index is 2.20. The molecule has 0 fully saturated rings. The molecule has 3 rings (SSSR count). The van der Waals surface area contributed by atoms with Crippen LogP contribution >= 0.6 is 23.2 Å². The smallest absolute Gasteiger partial charge is 0.375 e. The van der Waals surface area contributed by atoms with Crippen molar-refractivity contribution in [3.63, 3.8) is 0 Å². The number of halogens is 2. The highest BCUT2D eigenvalue weighted by atomic mass is 35.5. The molecule has 0 saturated heterocycles. The number of benzene rings is 2. The van der Waals surface area contributed by atoms with E-state index in [-0.39, 0.29) is 5.82 Å². The highest BCUT2D eigenvalue weighted by Gasteiger charge is 2.18. The van der Waals surface area contributed by atoms with Crippen LogP contribution in [0.3, 0.4) is 0 Å². The summed E-state index contributed by atoms with van der Waals surface area (Å²) in [5, 5.41) is 14.3. The molecule has 0 aliphatic heterocycles. The standard InChI is InChI=1S/C15H9Cl2N3O2/c16-10-4-6-12(7-5-10)20-14(18-13(19-20)15(21)22)9-2-1-3-11(17)8-9/h1-8H,(H,21,22). The minimum atomic E-state index is -1.20. The maximum Gasteiger partial charge on any atom is 0.375 e. The zero-order valence-corrected chi connectivity index (χ0v) is 12.6. The van der Waals surface area contributed by atoms with Gasteiger partial charge in [-0.25, -0.2) is 14.5 Å². The third-order valence-corrected chi connectivity index (χ3v) is 3.44. The first-order chi connectivity index (χ1) is 10.5. The van der Waals surface area contributed by atoms with Crippen LogP contribution in [0.4, 0.5) is 0 Å². The lowest BCUT2D eigenvalue weighted by molar-refractivity contribution is 0.0683. The molecule has 0 aliphatic rings. The van der Waals surface area contributed by atoms with Gasteiger partial charge in [-0.1, -0.05) is 35.3 Å². The van der Waals surface area contributed by atoms with E-state index in [0.717, 1.165) is 0 Å². The average Bonchev–Trinajstić information content (AvgIpc) is 2.93. The monoisotopic (exact) mass is 333 g/mol. The van der Waals surface area contributed by atoms with Gasteiger partial charge in [0.15, 0.2) is 5.82 Å². The molecule has 7 heteroatoms. The zero-order valence-electron chi connectivity index (χ0n) is 11.1. The second-order valence-corrected chi connectivity index (χ2v) is 5.34. The molecule has 0 aliphatic carbocycles. The number of carboxylic acids is 1. The van der Waals surface area contributed by atoms with Gasteiger partial charge in [0.05, 0.1) is 5.69 Å². The largest absolute Gasteiger partial charge is 0.475 e. The Morgan fingerprint density at radius 3 is 2.41 bits per heavy atom.